The Morgan fingerprint density at radius 1 is 0.205 bits per heavy atom. The maximum Gasteiger partial charge on any atom is 0.0840 e. The van der Waals surface area contributed by atoms with Gasteiger partial charge >= 0.3 is 0 Å². The molecule has 0 aromatic heterocycles. The van der Waals surface area contributed by atoms with Crippen LogP contribution in [0.3, 0.4) is 0 Å². The average molecular weight is 1160 g/mol. The van der Waals surface area contributed by atoms with Gasteiger partial charge in [-0.05, 0) is 173 Å². The van der Waals surface area contributed by atoms with E-state index in [1.165, 1.54) is 257 Å². The van der Waals surface area contributed by atoms with E-state index in [2.05, 4.69) is 138 Å². The Balaban J connectivity index is 4.97. The zero-order valence-corrected chi connectivity index (χ0v) is 56.1. The fraction of sp³-hybridized carbons (Fsp3) is 0.772. The minimum absolute atomic E-state index is 0.00123. The van der Waals surface area contributed by atoms with Crippen molar-refractivity contribution in [2.24, 2.45) is 0 Å². The molecule has 0 aliphatic carbocycles. The number of hydrogen-bond donors (Lipinski definition) is 0. The number of unbranched alkanes of at least 4 members (excludes halogenated alkanes) is 36. The summed E-state index contributed by atoms with van der Waals surface area (Å²) in [5, 5.41) is 0. The summed E-state index contributed by atoms with van der Waals surface area (Å²) in [6, 6.07) is 0. The van der Waals surface area contributed by atoms with Gasteiger partial charge in [0.2, 0.25) is 0 Å². The van der Waals surface area contributed by atoms with Crippen molar-refractivity contribution in [1.82, 2.24) is 0 Å². The van der Waals surface area contributed by atoms with Crippen LogP contribution < -0.4 is 0 Å². The highest BCUT2D eigenvalue weighted by Crippen LogP contribution is 2.16. The highest BCUT2D eigenvalue weighted by molar-refractivity contribution is 4.96. The molecule has 0 fully saturated rings. The third kappa shape index (κ3) is 72.1. The van der Waals surface area contributed by atoms with E-state index in [4.69, 9.17) is 18.9 Å². The van der Waals surface area contributed by atoms with Crippen LogP contribution in [-0.4, -0.2) is 51.8 Å². The Labute approximate surface area is 520 Å². The maximum absolute atomic E-state index is 6.57. The number of rotatable bonds is 70. The molecule has 2 unspecified atom stereocenters. The Bertz CT molecular complexity index is 1330. The molecule has 0 aromatic carbocycles. The SMILES string of the molecule is CCCCC/C=C\C/C=C\CCCCCCCCOCC([CH]C[CH]C(COCCCCCCCC/C=C\C/C=C\CCCCC)OCCCCCCCC/C=C\C/C=C\CCCCC)OCCCCCCCC/C=C\C/C=C\CCCCC. The third-order valence-corrected chi connectivity index (χ3v) is 15.7. The smallest absolute Gasteiger partial charge is 0.0840 e. The van der Waals surface area contributed by atoms with Gasteiger partial charge in [-0.3, -0.25) is 0 Å². The Hall–Kier alpha value is -2.24. The molecule has 0 rings (SSSR count). The molecule has 482 valence electrons. The van der Waals surface area contributed by atoms with Crippen LogP contribution in [0.15, 0.2) is 97.2 Å². The van der Waals surface area contributed by atoms with Crippen molar-refractivity contribution in [3.8, 4) is 0 Å². The summed E-state index contributed by atoms with van der Waals surface area (Å²) in [5.74, 6) is 0. The maximum atomic E-state index is 6.57. The highest BCUT2D eigenvalue weighted by atomic mass is 16.5. The van der Waals surface area contributed by atoms with Crippen molar-refractivity contribution in [3.63, 3.8) is 0 Å². The van der Waals surface area contributed by atoms with Crippen molar-refractivity contribution < 1.29 is 18.9 Å². The monoisotopic (exact) mass is 1160 g/mol. The summed E-state index contributed by atoms with van der Waals surface area (Å²) < 4.78 is 25.8. The zero-order chi connectivity index (χ0) is 59.6. The van der Waals surface area contributed by atoms with Gasteiger partial charge in [0.1, 0.15) is 0 Å². The van der Waals surface area contributed by atoms with E-state index in [0.29, 0.717) is 13.2 Å². The molecular formula is C79H142O4. The summed E-state index contributed by atoms with van der Waals surface area (Å²) in [6.45, 7) is 13.6. The quantitative estimate of drug-likeness (QED) is 0.0449. The van der Waals surface area contributed by atoms with Crippen LogP contribution in [0.1, 0.15) is 342 Å². The second-order valence-corrected chi connectivity index (χ2v) is 24.0. The van der Waals surface area contributed by atoms with Crippen LogP contribution in [0.2, 0.25) is 0 Å². The minimum Gasteiger partial charge on any atom is -0.379 e. The predicted octanol–water partition coefficient (Wildman–Crippen LogP) is 25.8. The van der Waals surface area contributed by atoms with Gasteiger partial charge < -0.3 is 18.9 Å². The lowest BCUT2D eigenvalue weighted by atomic mass is 10.1. The number of ether oxygens (including phenoxy) is 4. The molecule has 2 radical (unpaired) electrons. The van der Waals surface area contributed by atoms with Crippen LogP contribution in [0, 0.1) is 12.8 Å². The van der Waals surface area contributed by atoms with Gasteiger partial charge in [0.25, 0.3) is 0 Å². The largest absolute Gasteiger partial charge is 0.379 e. The molecule has 0 bridgehead atoms. The molecule has 0 amide bonds. The molecule has 0 heterocycles. The second-order valence-electron chi connectivity index (χ2n) is 24.0. The Morgan fingerprint density at radius 2 is 0.410 bits per heavy atom. The minimum atomic E-state index is 0.00123. The lowest BCUT2D eigenvalue weighted by Crippen LogP contribution is -2.25. The molecule has 4 heteroatoms. The van der Waals surface area contributed by atoms with Gasteiger partial charge in [0, 0.05) is 26.4 Å². The Kier molecular flexibility index (Phi) is 73.8. The van der Waals surface area contributed by atoms with Crippen molar-refractivity contribution in [2.45, 2.75) is 355 Å². The first-order valence-electron chi connectivity index (χ1n) is 36.5. The van der Waals surface area contributed by atoms with E-state index in [-0.39, 0.29) is 12.2 Å². The van der Waals surface area contributed by atoms with Gasteiger partial charge in [-0.15, -0.1) is 0 Å². The summed E-state index contributed by atoms with van der Waals surface area (Å²) >= 11 is 0. The van der Waals surface area contributed by atoms with E-state index in [1.807, 2.05) is 0 Å². The van der Waals surface area contributed by atoms with Crippen molar-refractivity contribution in [3.05, 3.63) is 110 Å². The van der Waals surface area contributed by atoms with Gasteiger partial charge in [-0.1, -0.05) is 279 Å². The average Bonchev–Trinajstić information content (AvgIpc) is 3.49. The summed E-state index contributed by atoms with van der Waals surface area (Å²) in [5.41, 5.74) is 0. The van der Waals surface area contributed by atoms with Crippen molar-refractivity contribution >= 4 is 0 Å². The normalized spacial score (nSPS) is 13.3. The molecule has 0 saturated carbocycles. The van der Waals surface area contributed by atoms with Crippen LogP contribution in [-0.2, 0) is 18.9 Å². The summed E-state index contributed by atoms with van der Waals surface area (Å²) in [6.07, 6.45) is 104. The van der Waals surface area contributed by atoms with E-state index in [9.17, 15) is 0 Å². The predicted molar refractivity (Wildman–Crippen MR) is 372 cm³/mol. The molecular weight excluding hydrogens is 1010 g/mol. The highest BCUT2D eigenvalue weighted by Gasteiger charge is 2.15. The second kappa shape index (κ2) is 75.9. The lowest BCUT2D eigenvalue weighted by molar-refractivity contribution is -0.0100. The van der Waals surface area contributed by atoms with Crippen molar-refractivity contribution in [1.29, 1.82) is 0 Å². The molecule has 4 nitrogen and oxygen atoms in total. The zero-order valence-electron chi connectivity index (χ0n) is 56.1. The van der Waals surface area contributed by atoms with E-state index < -0.39 is 0 Å². The first-order chi connectivity index (χ1) is 41.3. The molecule has 0 aliphatic heterocycles. The Morgan fingerprint density at radius 3 is 0.651 bits per heavy atom. The van der Waals surface area contributed by atoms with Gasteiger partial charge in [-0.2, -0.15) is 0 Å². The first-order valence-corrected chi connectivity index (χ1v) is 36.5. The third-order valence-electron chi connectivity index (χ3n) is 15.7. The summed E-state index contributed by atoms with van der Waals surface area (Å²) in [4.78, 5) is 0. The molecule has 0 aliphatic rings. The van der Waals surface area contributed by atoms with Gasteiger partial charge in [0.15, 0.2) is 0 Å². The fourth-order valence-corrected chi connectivity index (χ4v) is 10.2. The fourth-order valence-electron chi connectivity index (χ4n) is 10.2. The van der Waals surface area contributed by atoms with Crippen LogP contribution in [0.25, 0.3) is 0 Å². The molecule has 0 aromatic rings. The molecule has 0 saturated heterocycles. The topological polar surface area (TPSA) is 36.9 Å². The molecule has 0 N–H and O–H groups in total. The number of allylic oxidation sites excluding steroid dienone is 16. The van der Waals surface area contributed by atoms with Crippen molar-refractivity contribution in [2.75, 3.05) is 39.6 Å². The summed E-state index contributed by atoms with van der Waals surface area (Å²) in [7, 11) is 0. The van der Waals surface area contributed by atoms with Crippen LogP contribution in [0.5, 0.6) is 0 Å². The molecule has 0 spiro atoms. The van der Waals surface area contributed by atoms with E-state index >= 15 is 0 Å². The van der Waals surface area contributed by atoms with Crippen LogP contribution in [0.4, 0.5) is 0 Å². The standard InChI is InChI=1S/C79H142O4/c1-5-9-13-17-21-25-29-33-37-41-45-49-53-57-61-65-72-80-76-78(82-74-67-63-59-55-51-47-43-39-35-31-27-23-19-15-11-7-3)70-69-71-79(83-75-68-64-60-56-52-48-44-40-36-32-28-24-20-16-12-8-4)77-81-73-66-62-58-54-50-46-42-38-34-30-26-22-18-14-10-6-2/h21-28,33-40,70-71,78-79H,5-20,29-32,41-69,72-77H2,1-4H3/b25-21-,26-22-,27-23-,28-24-,37-33-,38-34-,39-35-,40-36-. The van der Waals surface area contributed by atoms with Gasteiger partial charge in [0.05, 0.1) is 25.4 Å². The number of hydrogen-bond acceptors (Lipinski definition) is 4. The molecule has 2 atom stereocenters. The lowest BCUT2D eigenvalue weighted by Gasteiger charge is -2.21. The first kappa shape index (κ1) is 80.8. The van der Waals surface area contributed by atoms with E-state index in [1.54, 1.807) is 0 Å². The molecule has 83 heavy (non-hydrogen) atoms. The van der Waals surface area contributed by atoms with E-state index in [0.717, 1.165) is 84.2 Å². The van der Waals surface area contributed by atoms with Crippen LogP contribution >= 0.6 is 0 Å². The van der Waals surface area contributed by atoms with Gasteiger partial charge in [-0.25, -0.2) is 0 Å².